The number of carbonyl (C=O) groups is 1. The molecule has 0 aliphatic rings. The molecule has 0 fully saturated rings. The number of nitrogens with one attached hydrogen (secondary N) is 2. The maximum absolute atomic E-state index is 12.6. The van der Waals surface area contributed by atoms with Crippen LogP contribution in [0.25, 0.3) is 0 Å². The molecular formula is C23H24N2O5S. The fraction of sp³-hybridized carbons (Fsp3) is 0.174. The number of aryl methyl sites for hydroxylation is 1. The Morgan fingerprint density at radius 3 is 2.26 bits per heavy atom. The second-order valence-corrected chi connectivity index (χ2v) is 8.43. The van der Waals surface area contributed by atoms with Gasteiger partial charge in [0.2, 0.25) is 0 Å². The minimum Gasteiger partial charge on any atom is -0.495 e. The van der Waals surface area contributed by atoms with Crippen LogP contribution in [-0.4, -0.2) is 28.0 Å². The van der Waals surface area contributed by atoms with Gasteiger partial charge in [0.25, 0.3) is 15.9 Å². The first-order chi connectivity index (χ1) is 14.8. The minimum absolute atomic E-state index is 0.0473. The lowest BCUT2D eigenvalue weighted by Crippen LogP contribution is -2.15. The first-order valence-electron chi connectivity index (χ1n) is 9.64. The van der Waals surface area contributed by atoms with Gasteiger partial charge in [-0.15, -0.1) is 0 Å². The number of hydrogen-bond donors (Lipinski definition) is 2. The summed E-state index contributed by atoms with van der Waals surface area (Å²) in [6, 6.07) is 17.8. The molecule has 8 heteroatoms. The maximum atomic E-state index is 12.6. The van der Waals surface area contributed by atoms with Gasteiger partial charge in [-0.3, -0.25) is 9.52 Å². The summed E-state index contributed by atoms with van der Waals surface area (Å²) in [5.41, 5.74) is 2.25. The van der Waals surface area contributed by atoms with Crippen molar-refractivity contribution in [1.82, 2.24) is 0 Å². The van der Waals surface area contributed by atoms with Gasteiger partial charge in [0, 0.05) is 11.3 Å². The van der Waals surface area contributed by atoms with Crippen LogP contribution in [0.15, 0.2) is 71.6 Å². The molecule has 0 saturated carbocycles. The molecule has 0 aliphatic heterocycles. The number of ether oxygens (including phenoxy) is 2. The van der Waals surface area contributed by atoms with Crippen molar-refractivity contribution < 1.29 is 22.7 Å². The highest BCUT2D eigenvalue weighted by Crippen LogP contribution is 2.26. The Labute approximate surface area is 182 Å². The van der Waals surface area contributed by atoms with Crippen LogP contribution in [0.2, 0.25) is 0 Å². The quantitative estimate of drug-likeness (QED) is 0.540. The Morgan fingerprint density at radius 2 is 1.65 bits per heavy atom. The molecule has 162 valence electrons. The Kier molecular flexibility index (Phi) is 6.81. The van der Waals surface area contributed by atoms with Gasteiger partial charge in [0.15, 0.2) is 0 Å². The molecule has 31 heavy (non-hydrogen) atoms. The highest BCUT2D eigenvalue weighted by molar-refractivity contribution is 7.92. The molecule has 0 aliphatic carbocycles. The molecular weight excluding hydrogens is 416 g/mol. The van der Waals surface area contributed by atoms with Crippen molar-refractivity contribution in [3.8, 4) is 11.5 Å². The molecule has 0 radical (unpaired) electrons. The second kappa shape index (κ2) is 9.53. The molecule has 1 amide bonds. The third-order valence-corrected chi connectivity index (χ3v) is 5.84. The van der Waals surface area contributed by atoms with E-state index in [-0.39, 0.29) is 10.8 Å². The number of benzene rings is 3. The van der Waals surface area contributed by atoms with Crippen LogP contribution in [0.1, 0.15) is 22.8 Å². The topological polar surface area (TPSA) is 93.7 Å². The van der Waals surface area contributed by atoms with Gasteiger partial charge in [-0.2, -0.15) is 0 Å². The second-order valence-electron chi connectivity index (χ2n) is 6.75. The third kappa shape index (κ3) is 5.55. The lowest BCUT2D eigenvalue weighted by atomic mass is 10.1. The first-order valence-corrected chi connectivity index (χ1v) is 11.1. The molecule has 0 aromatic heterocycles. The van der Waals surface area contributed by atoms with Crippen molar-refractivity contribution in [1.29, 1.82) is 0 Å². The van der Waals surface area contributed by atoms with E-state index in [1.807, 2.05) is 19.9 Å². The first kappa shape index (κ1) is 22.2. The van der Waals surface area contributed by atoms with E-state index in [1.54, 1.807) is 36.4 Å². The summed E-state index contributed by atoms with van der Waals surface area (Å²) in [6.07, 6.45) is 0. The van der Waals surface area contributed by atoms with Gasteiger partial charge >= 0.3 is 0 Å². The average molecular weight is 441 g/mol. The van der Waals surface area contributed by atoms with Gasteiger partial charge in [0.1, 0.15) is 11.5 Å². The lowest BCUT2D eigenvalue weighted by Gasteiger charge is -2.12. The largest absolute Gasteiger partial charge is 0.495 e. The molecule has 0 spiro atoms. The zero-order chi connectivity index (χ0) is 22.4. The molecule has 3 aromatic carbocycles. The van der Waals surface area contributed by atoms with E-state index >= 15 is 0 Å². The van der Waals surface area contributed by atoms with Gasteiger partial charge in [-0.05, 0) is 80.1 Å². The van der Waals surface area contributed by atoms with Crippen LogP contribution in [0.4, 0.5) is 11.4 Å². The molecule has 3 rings (SSSR count). The standard InChI is InChI=1S/C23H24N2O5S/c1-4-30-19-10-8-18(9-11-19)25-31(27,28)20-12-6-17(7-13-20)23(26)24-21-15-16(2)5-14-22(21)29-3/h5-15,25H,4H2,1-3H3,(H,24,26). The molecule has 3 aromatic rings. The predicted octanol–water partition coefficient (Wildman–Crippen LogP) is 4.46. The SMILES string of the molecule is CCOc1ccc(NS(=O)(=O)c2ccc(C(=O)Nc3cc(C)ccc3OC)cc2)cc1. The third-order valence-electron chi connectivity index (χ3n) is 4.45. The van der Waals surface area contributed by atoms with Crippen LogP contribution in [-0.2, 0) is 10.0 Å². The Hall–Kier alpha value is -3.52. The predicted molar refractivity (Wildman–Crippen MR) is 121 cm³/mol. The van der Waals surface area contributed by atoms with E-state index in [4.69, 9.17) is 9.47 Å². The summed E-state index contributed by atoms with van der Waals surface area (Å²) in [5.74, 6) is 0.830. The molecule has 0 unspecified atom stereocenters. The van der Waals surface area contributed by atoms with Crippen molar-refractivity contribution in [2.75, 3.05) is 23.8 Å². The van der Waals surface area contributed by atoms with E-state index in [0.717, 1.165) is 5.56 Å². The maximum Gasteiger partial charge on any atom is 0.261 e. The number of anilines is 2. The highest BCUT2D eigenvalue weighted by Gasteiger charge is 2.16. The monoisotopic (exact) mass is 440 g/mol. The smallest absolute Gasteiger partial charge is 0.261 e. The van der Waals surface area contributed by atoms with Crippen molar-refractivity contribution in [3.63, 3.8) is 0 Å². The molecule has 0 atom stereocenters. The van der Waals surface area contributed by atoms with E-state index in [2.05, 4.69) is 10.0 Å². The van der Waals surface area contributed by atoms with Crippen molar-refractivity contribution >= 4 is 27.3 Å². The molecule has 0 heterocycles. The minimum atomic E-state index is -3.80. The zero-order valence-corrected chi connectivity index (χ0v) is 18.3. The summed E-state index contributed by atoms with van der Waals surface area (Å²) in [4.78, 5) is 12.6. The molecule has 7 nitrogen and oxygen atoms in total. The van der Waals surface area contributed by atoms with Crippen LogP contribution >= 0.6 is 0 Å². The van der Waals surface area contributed by atoms with E-state index in [9.17, 15) is 13.2 Å². The summed E-state index contributed by atoms with van der Waals surface area (Å²) < 4.78 is 38.4. The van der Waals surface area contributed by atoms with E-state index in [1.165, 1.54) is 31.4 Å². The lowest BCUT2D eigenvalue weighted by molar-refractivity contribution is 0.102. The summed E-state index contributed by atoms with van der Waals surface area (Å²) in [5, 5.41) is 2.79. The van der Waals surface area contributed by atoms with Gasteiger partial charge < -0.3 is 14.8 Å². The fourth-order valence-electron chi connectivity index (χ4n) is 2.90. The number of carbonyl (C=O) groups excluding carboxylic acids is 1. The Bertz CT molecular complexity index is 1160. The Balaban J connectivity index is 1.72. The Morgan fingerprint density at radius 1 is 0.968 bits per heavy atom. The number of amides is 1. The van der Waals surface area contributed by atoms with Crippen LogP contribution in [0, 0.1) is 6.92 Å². The van der Waals surface area contributed by atoms with Gasteiger partial charge in [-0.25, -0.2) is 8.42 Å². The molecule has 2 N–H and O–H groups in total. The summed E-state index contributed by atoms with van der Waals surface area (Å²) in [6.45, 7) is 4.31. The van der Waals surface area contributed by atoms with Gasteiger partial charge in [-0.1, -0.05) is 6.07 Å². The van der Waals surface area contributed by atoms with Crippen molar-refractivity contribution in [2.24, 2.45) is 0 Å². The number of hydrogen-bond acceptors (Lipinski definition) is 5. The van der Waals surface area contributed by atoms with E-state index < -0.39 is 10.0 Å². The van der Waals surface area contributed by atoms with Gasteiger partial charge in [0.05, 0.1) is 24.3 Å². The summed E-state index contributed by atoms with van der Waals surface area (Å²) in [7, 11) is -2.27. The number of rotatable bonds is 8. The normalized spacial score (nSPS) is 10.9. The van der Waals surface area contributed by atoms with E-state index in [0.29, 0.717) is 35.0 Å². The van der Waals surface area contributed by atoms with Crippen LogP contribution in [0.5, 0.6) is 11.5 Å². The van der Waals surface area contributed by atoms with Crippen LogP contribution in [0.3, 0.4) is 0 Å². The summed E-state index contributed by atoms with van der Waals surface area (Å²) >= 11 is 0. The molecule has 0 saturated heterocycles. The zero-order valence-electron chi connectivity index (χ0n) is 17.5. The molecule has 0 bridgehead atoms. The van der Waals surface area contributed by atoms with Crippen LogP contribution < -0.4 is 19.5 Å². The number of methoxy groups -OCH3 is 1. The van der Waals surface area contributed by atoms with Crippen molar-refractivity contribution in [3.05, 3.63) is 77.9 Å². The fourth-order valence-corrected chi connectivity index (χ4v) is 3.96. The highest BCUT2D eigenvalue weighted by atomic mass is 32.2. The van der Waals surface area contributed by atoms with Crippen molar-refractivity contribution in [2.45, 2.75) is 18.7 Å². The average Bonchev–Trinajstić information content (AvgIpc) is 2.75. The number of sulfonamides is 1.